The fourth-order valence-corrected chi connectivity index (χ4v) is 3.76. The summed E-state index contributed by atoms with van der Waals surface area (Å²) in [5.74, 6) is 0.735. The number of thiophene rings is 1. The number of ether oxygens (including phenoxy) is 1. The molecule has 1 aromatic rings. The SMILES string of the molecule is COC(=O)c1ccsc1NC(=O)CN1CC(C)CC(C)C1. The third-order valence-electron chi connectivity index (χ3n) is 3.64. The second kappa shape index (κ2) is 7.04. The molecule has 2 atom stereocenters. The summed E-state index contributed by atoms with van der Waals surface area (Å²) < 4.78 is 4.70. The monoisotopic (exact) mass is 310 g/mol. The van der Waals surface area contributed by atoms with Crippen molar-refractivity contribution in [2.75, 3.05) is 32.1 Å². The van der Waals surface area contributed by atoms with Gasteiger partial charge in [-0.05, 0) is 29.7 Å². The summed E-state index contributed by atoms with van der Waals surface area (Å²) in [6.07, 6.45) is 1.22. The number of rotatable bonds is 4. The highest BCUT2D eigenvalue weighted by Gasteiger charge is 2.24. The van der Waals surface area contributed by atoms with Crippen LogP contribution in [0.25, 0.3) is 0 Å². The minimum Gasteiger partial charge on any atom is -0.465 e. The number of anilines is 1. The van der Waals surface area contributed by atoms with Crippen LogP contribution < -0.4 is 5.32 Å². The molecule has 0 spiro atoms. The van der Waals surface area contributed by atoms with Crippen molar-refractivity contribution in [3.8, 4) is 0 Å². The maximum Gasteiger partial charge on any atom is 0.340 e. The molecular formula is C15H22N2O3S. The van der Waals surface area contributed by atoms with Crippen LogP contribution in [0, 0.1) is 11.8 Å². The van der Waals surface area contributed by atoms with Crippen molar-refractivity contribution in [2.24, 2.45) is 11.8 Å². The van der Waals surface area contributed by atoms with Crippen LogP contribution in [0.2, 0.25) is 0 Å². The zero-order chi connectivity index (χ0) is 15.4. The average Bonchev–Trinajstić information content (AvgIpc) is 2.84. The molecule has 0 radical (unpaired) electrons. The molecule has 0 bridgehead atoms. The van der Waals surface area contributed by atoms with Gasteiger partial charge < -0.3 is 10.1 Å². The Morgan fingerprint density at radius 2 is 2.05 bits per heavy atom. The van der Waals surface area contributed by atoms with Crippen LogP contribution >= 0.6 is 11.3 Å². The lowest BCUT2D eigenvalue weighted by Crippen LogP contribution is -2.42. The Morgan fingerprint density at radius 1 is 1.38 bits per heavy atom. The molecule has 0 aliphatic carbocycles. The summed E-state index contributed by atoms with van der Waals surface area (Å²) in [5.41, 5.74) is 0.413. The van der Waals surface area contributed by atoms with E-state index in [1.165, 1.54) is 24.9 Å². The number of nitrogens with one attached hydrogen (secondary N) is 1. The number of amides is 1. The maximum atomic E-state index is 12.2. The molecule has 6 heteroatoms. The summed E-state index contributed by atoms with van der Waals surface area (Å²) in [4.78, 5) is 25.9. The zero-order valence-electron chi connectivity index (χ0n) is 12.7. The number of carbonyl (C=O) groups excluding carboxylic acids is 2. The number of piperidine rings is 1. The van der Waals surface area contributed by atoms with E-state index in [2.05, 4.69) is 24.1 Å². The van der Waals surface area contributed by atoms with Gasteiger partial charge in [0.1, 0.15) is 5.00 Å². The van der Waals surface area contributed by atoms with E-state index in [9.17, 15) is 9.59 Å². The van der Waals surface area contributed by atoms with Gasteiger partial charge in [-0.25, -0.2) is 4.79 Å². The van der Waals surface area contributed by atoms with Gasteiger partial charge in [-0.2, -0.15) is 0 Å². The molecule has 1 aliphatic rings. The van der Waals surface area contributed by atoms with Crippen molar-refractivity contribution in [1.82, 2.24) is 4.90 Å². The predicted octanol–water partition coefficient (Wildman–Crippen LogP) is 2.45. The summed E-state index contributed by atoms with van der Waals surface area (Å²) in [5, 5.41) is 5.15. The lowest BCUT2D eigenvalue weighted by molar-refractivity contribution is -0.117. The van der Waals surface area contributed by atoms with E-state index < -0.39 is 5.97 Å². The minimum absolute atomic E-state index is 0.0797. The number of nitrogens with zero attached hydrogens (tertiary/aromatic N) is 1. The summed E-state index contributed by atoms with van der Waals surface area (Å²) in [6, 6.07) is 1.66. The molecule has 1 N–H and O–H groups in total. The molecular weight excluding hydrogens is 288 g/mol. The van der Waals surface area contributed by atoms with Gasteiger partial charge in [0.05, 0.1) is 19.2 Å². The highest BCUT2D eigenvalue weighted by atomic mass is 32.1. The molecule has 1 amide bonds. The first-order chi connectivity index (χ1) is 9.99. The molecule has 21 heavy (non-hydrogen) atoms. The standard InChI is InChI=1S/C15H22N2O3S/c1-10-6-11(2)8-17(7-10)9-13(18)16-14-12(4-5-21-14)15(19)20-3/h4-5,10-11H,6-9H2,1-3H3,(H,16,18). The van der Waals surface area contributed by atoms with Crippen molar-refractivity contribution in [3.05, 3.63) is 17.0 Å². The second-order valence-corrected chi connectivity index (χ2v) is 6.76. The number of carbonyl (C=O) groups is 2. The van der Waals surface area contributed by atoms with E-state index >= 15 is 0 Å². The van der Waals surface area contributed by atoms with E-state index in [4.69, 9.17) is 4.74 Å². The molecule has 1 aliphatic heterocycles. The van der Waals surface area contributed by atoms with Gasteiger partial charge in [0, 0.05) is 13.1 Å². The highest BCUT2D eigenvalue weighted by molar-refractivity contribution is 7.14. The predicted molar refractivity (Wildman–Crippen MR) is 83.7 cm³/mol. The number of hydrogen-bond acceptors (Lipinski definition) is 5. The zero-order valence-corrected chi connectivity index (χ0v) is 13.5. The van der Waals surface area contributed by atoms with Crippen LogP contribution in [0.1, 0.15) is 30.6 Å². The Hall–Kier alpha value is -1.40. The van der Waals surface area contributed by atoms with Gasteiger partial charge in [-0.15, -0.1) is 11.3 Å². The molecule has 1 aromatic heterocycles. The van der Waals surface area contributed by atoms with Gasteiger partial charge in [-0.1, -0.05) is 13.8 Å². The quantitative estimate of drug-likeness (QED) is 0.868. The largest absolute Gasteiger partial charge is 0.465 e. The smallest absolute Gasteiger partial charge is 0.340 e. The number of methoxy groups -OCH3 is 1. The average molecular weight is 310 g/mol. The van der Waals surface area contributed by atoms with E-state index in [1.807, 2.05) is 0 Å². The molecule has 1 fully saturated rings. The molecule has 0 aromatic carbocycles. The number of likely N-dealkylation sites (tertiary alicyclic amines) is 1. The molecule has 2 unspecified atom stereocenters. The Kier molecular flexibility index (Phi) is 5.36. The van der Waals surface area contributed by atoms with Gasteiger partial charge in [0.2, 0.25) is 5.91 Å². The molecule has 116 valence electrons. The van der Waals surface area contributed by atoms with E-state index in [-0.39, 0.29) is 5.91 Å². The van der Waals surface area contributed by atoms with Gasteiger partial charge >= 0.3 is 5.97 Å². The second-order valence-electron chi connectivity index (χ2n) is 5.84. The molecule has 5 nitrogen and oxygen atoms in total. The minimum atomic E-state index is -0.424. The molecule has 1 saturated heterocycles. The van der Waals surface area contributed by atoms with E-state index in [1.54, 1.807) is 11.4 Å². The highest BCUT2D eigenvalue weighted by Crippen LogP contribution is 2.24. The first kappa shape index (κ1) is 16.0. The summed E-state index contributed by atoms with van der Waals surface area (Å²) in [7, 11) is 1.34. The number of esters is 1. The topological polar surface area (TPSA) is 58.6 Å². The van der Waals surface area contributed by atoms with E-state index in [0.29, 0.717) is 28.9 Å². The fraction of sp³-hybridized carbons (Fsp3) is 0.600. The first-order valence-electron chi connectivity index (χ1n) is 7.17. The number of hydrogen-bond donors (Lipinski definition) is 1. The third kappa shape index (κ3) is 4.28. The summed E-state index contributed by atoms with van der Waals surface area (Å²) in [6.45, 7) is 6.70. The van der Waals surface area contributed by atoms with E-state index in [0.717, 1.165) is 13.1 Å². The van der Waals surface area contributed by atoms with Crippen LogP contribution in [-0.4, -0.2) is 43.5 Å². The summed E-state index contributed by atoms with van der Waals surface area (Å²) >= 11 is 1.33. The fourth-order valence-electron chi connectivity index (χ4n) is 2.97. The van der Waals surface area contributed by atoms with Crippen LogP contribution in [0.3, 0.4) is 0 Å². The van der Waals surface area contributed by atoms with Gasteiger partial charge in [0.25, 0.3) is 0 Å². The first-order valence-corrected chi connectivity index (χ1v) is 8.05. The van der Waals surface area contributed by atoms with Crippen LogP contribution in [0.5, 0.6) is 0 Å². The Morgan fingerprint density at radius 3 is 2.67 bits per heavy atom. The van der Waals surface area contributed by atoms with Crippen molar-refractivity contribution in [3.63, 3.8) is 0 Å². The maximum absolute atomic E-state index is 12.2. The van der Waals surface area contributed by atoms with Crippen LogP contribution in [0.15, 0.2) is 11.4 Å². The Bertz CT molecular complexity index is 505. The van der Waals surface area contributed by atoms with Crippen LogP contribution in [0.4, 0.5) is 5.00 Å². The molecule has 2 rings (SSSR count). The molecule has 0 saturated carbocycles. The Balaban J connectivity index is 1.93. The van der Waals surface area contributed by atoms with Crippen molar-refractivity contribution in [2.45, 2.75) is 20.3 Å². The molecule has 2 heterocycles. The normalized spacial score (nSPS) is 22.8. The lowest BCUT2D eigenvalue weighted by Gasteiger charge is -2.34. The van der Waals surface area contributed by atoms with Crippen molar-refractivity contribution >= 4 is 28.2 Å². The van der Waals surface area contributed by atoms with Crippen molar-refractivity contribution < 1.29 is 14.3 Å². The van der Waals surface area contributed by atoms with Crippen molar-refractivity contribution in [1.29, 1.82) is 0 Å². The Labute approximate surface area is 129 Å². The van der Waals surface area contributed by atoms with Crippen LogP contribution in [-0.2, 0) is 9.53 Å². The lowest BCUT2D eigenvalue weighted by atomic mass is 9.92. The third-order valence-corrected chi connectivity index (χ3v) is 4.47. The van der Waals surface area contributed by atoms with Gasteiger partial charge in [0.15, 0.2) is 0 Å². The van der Waals surface area contributed by atoms with Gasteiger partial charge in [-0.3, -0.25) is 9.69 Å².